The van der Waals surface area contributed by atoms with Crippen LogP contribution in [0.3, 0.4) is 0 Å². The Hall–Kier alpha value is -1.49. The predicted octanol–water partition coefficient (Wildman–Crippen LogP) is 2.62. The number of rotatable bonds is 3. The lowest BCUT2D eigenvalue weighted by Gasteiger charge is -2.37. The van der Waals surface area contributed by atoms with Crippen LogP contribution in [0, 0.1) is 11.8 Å². The highest BCUT2D eigenvalue weighted by atomic mass is 32.2. The molecular weight excluding hydrogens is 286 g/mol. The fourth-order valence-electron chi connectivity index (χ4n) is 3.05. The number of benzene rings is 1. The van der Waals surface area contributed by atoms with Gasteiger partial charge in [-0.05, 0) is 18.4 Å². The normalized spacial score (nSPS) is 28.0. The molecule has 3 atom stereocenters. The molecule has 0 spiro atoms. The number of thioether (sulfide) groups is 1. The number of fused-ring (bicyclic) bond motifs is 2. The largest absolute Gasteiger partial charge is 0.445 e. The zero-order valence-electron chi connectivity index (χ0n) is 11.8. The summed E-state index contributed by atoms with van der Waals surface area (Å²) in [5.74, 6) is 2.41. The second-order valence-electron chi connectivity index (χ2n) is 5.71. The Kier molecular flexibility index (Phi) is 4.48. The van der Waals surface area contributed by atoms with Gasteiger partial charge in [0.15, 0.2) is 0 Å². The Bertz CT molecular complexity index is 504. The van der Waals surface area contributed by atoms with Crippen molar-refractivity contribution in [2.24, 2.45) is 11.8 Å². The van der Waals surface area contributed by atoms with Crippen molar-refractivity contribution in [2.75, 3.05) is 11.5 Å². The minimum Gasteiger partial charge on any atom is -0.445 e. The van der Waals surface area contributed by atoms with Crippen molar-refractivity contribution in [3.05, 3.63) is 35.9 Å². The van der Waals surface area contributed by atoms with E-state index in [9.17, 15) is 9.59 Å². The molecule has 2 aliphatic rings. The topological polar surface area (TPSA) is 55.4 Å². The zero-order chi connectivity index (χ0) is 14.7. The number of ketones is 1. The van der Waals surface area contributed by atoms with E-state index in [1.807, 2.05) is 42.1 Å². The van der Waals surface area contributed by atoms with Crippen molar-refractivity contribution in [3.8, 4) is 0 Å². The third kappa shape index (κ3) is 3.59. The van der Waals surface area contributed by atoms with Gasteiger partial charge in [0, 0.05) is 29.4 Å². The summed E-state index contributed by atoms with van der Waals surface area (Å²) in [6.07, 6.45) is 1.12. The fourth-order valence-corrected chi connectivity index (χ4v) is 4.36. The van der Waals surface area contributed by atoms with Gasteiger partial charge in [-0.3, -0.25) is 4.79 Å². The first kappa shape index (κ1) is 14.4. The third-order valence-corrected chi connectivity index (χ3v) is 5.39. The first-order valence-corrected chi connectivity index (χ1v) is 8.46. The molecule has 1 saturated heterocycles. The molecule has 112 valence electrons. The lowest BCUT2D eigenvalue weighted by Crippen LogP contribution is -2.48. The number of carbonyl (C=O) groups excluding carboxylic acids is 2. The van der Waals surface area contributed by atoms with Crippen LogP contribution >= 0.6 is 11.8 Å². The van der Waals surface area contributed by atoms with E-state index >= 15 is 0 Å². The molecule has 1 aromatic rings. The number of ether oxygens (including phenoxy) is 1. The molecule has 1 unspecified atom stereocenters. The van der Waals surface area contributed by atoms with Crippen LogP contribution in [0.2, 0.25) is 0 Å². The highest BCUT2D eigenvalue weighted by molar-refractivity contribution is 7.99. The standard InChI is InChI=1S/C16H19NO3S/c18-15-12-6-14(7-13(15)10-21-9-12)17-16(19)20-8-11-4-2-1-3-5-11/h1-5,12-14H,6-10H2,(H,17,19)/t12-,13+,14?. The number of Topliss-reactive ketones (excluding diaryl/α,β-unsaturated/α-hetero) is 1. The molecule has 3 rings (SSSR count). The summed E-state index contributed by atoms with van der Waals surface area (Å²) in [7, 11) is 0. The molecule has 1 aromatic carbocycles. The van der Waals surface area contributed by atoms with E-state index in [0.717, 1.165) is 29.9 Å². The summed E-state index contributed by atoms with van der Waals surface area (Å²) in [4.78, 5) is 23.9. The fraction of sp³-hybridized carbons (Fsp3) is 0.500. The molecule has 0 aromatic heterocycles. The zero-order valence-corrected chi connectivity index (χ0v) is 12.6. The molecule has 5 heteroatoms. The van der Waals surface area contributed by atoms with Gasteiger partial charge < -0.3 is 10.1 Å². The first-order chi connectivity index (χ1) is 10.2. The Labute approximate surface area is 128 Å². The van der Waals surface area contributed by atoms with Crippen molar-refractivity contribution in [2.45, 2.75) is 25.5 Å². The summed E-state index contributed by atoms with van der Waals surface area (Å²) >= 11 is 1.85. The summed E-state index contributed by atoms with van der Waals surface area (Å²) in [5, 5.41) is 2.92. The molecule has 4 nitrogen and oxygen atoms in total. The van der Waals surface area contributed by atoms with Crippen LogP contribution in [0.25, 0.3) is 0 Å². The molecular formula is C16H19NO3S. The molecule has 1 saturated carbocycles. The average molecular weight is 305 g/mol. The van der Waals surface area contributed by atoms with Crippen LogP contribution < -0.4 is 5.32 Å². The van der Waals surface area contributed by atoms with Crippen LogP contribution in [0.4, 0.5) is 4.79 Å². The summed E-state index contributed by atoms with van der Waals surface area (Å²) in [6.45, 7) is 0.279. The van der Waals surface area contributed by atoms with E-state index < -0.39 is 0 Å². The molecule has 2 fully saturated rings. The van der Waals surface area contributed by atoms with E-state index in [4.69, 9.17) is 4.74 Å². The highest BCUT2D eigenvalue weighted by Crippen LogP contribution is 2.35. The molecule has 1 aliphatic carbocycles. The van der Waals surface area contributed by atoms with Gasteiger partial charge in [-0.15, -0.1) is 0 Å². The molecule has 1 amide bonds. The summed E-state index contributed by atoms with van der Waals surface area (Å²) in [5.41, 5.74) is 0.972. The number of hydrogen-bond donors (Lipinski definition) is 1. The average Bonchev–Trinajstić information content (AvgIpc) is 2.47. The molecule has 1 N–H and O–H groups in total. The summed E-state index contributed by atoms with van der Waals surface area (Å²) < 4.78 is 5.24. The molecule has 2 bridgehead atoms. The van der Waals surface area contributed by atoms with Crippen molar-refractivity contribution in [1.82, 2.24) is 5.32 Å². The van der Waals surface area contributed by atoms with Crippen molar-refractivity contribution in [1.29, 1.82) is 0 Å². The minimum atomic E-state index is -0.385. The quantitative estimate of drug-likeness (QED) is 0.932. The maximum atomic E-state index is 12.0. The van der Waals surface area contributed by atoms with Gasteiger partial charge in [0.25, 0.3) is 0 Å². The second kappa shape index (κ2) is 6.52. The van der Waals surface area contributed by atoms with Gasteiger partial charge in [0.1, 0.15) is 12.4 Å². The maximum Gasteiger partial charge on any atom is 0.407 e. The molecule has 1 heterocycles. The van der Waals surface area contributed by atoms with Gasteiger partial charge in [-0.2, -0.15) is 11.8 Å². The number of carbonyl (C=O) groups is 2. The SMILES string of the molecule is O=C(NC1C[C@H]2CSC[C@@H](C1)C2=O)OCc1ccccc1. The Morgan fingerprint density at radius 1 is 1.19 bits per heavy atom. The highest BCUT2D eigenvalue weighted by Gasteiger charge is 2.39. The third-order valence-electron chi connectivity index (χ3n) is 4.12. The lowest BCUT2D eigenvalue weighted by atomic mass is 9.78. The number of amides is 1. The van der Waals surface area contributed by atoms with Gasteiger partial charge in [0.2, 0.25) is 0 Å². The minimum absolute atomic E-state index is 0.0712. The predicted molar refractivity (Wildman–Crippen MR) is 82.1 cm³/mol. The molecule has 1 aliphatic heterocycles. The van der Waals surface area contributed by atoms with Gasteiger partial charge >= 0.3 is 6.09 Å². The maximum absolute atomic E-state index is 12.0. The Morgan fingerprint density at radius 3 is 2.52 bits per heavy atom. The number of hydrogen-bond acceptors (Lipinski definition) is 4. The van der Waals surface area contributed by atoms with Crippen LogP contribution in [0.5, 0.6) is 0 Å². The number of nitrogens with one attached hydrogen (secondary N) is 1. The van der Waals surface area contributed by atoms with Gasteiger partial charge in [-0.25, -0.2) is 4.79 Å². The van der Waals surface area contributed by atoms with Crippen molar-refractivity contribution >= 4 is 23.6 Å². The van der Waals surface area contributed by atoms with Crippen molar-refractivity contribution < 1.29 is 14.3 Å². The van der Waals surface area contributed by atoms with Crippen LogP contribution in [0.1, 0.15) is 18.4 Å². The molecule has 0 radical (unpaired) electrons. The van der Waals surface area contributed by atoms with Crippen LogP contribution in [-0.4, -0.2) is 29.4 Å². The van der Waals surface area contributed by atoms with E-state index in [0.29, 0.717) is 5.78 Å². The van der Waals surface area contributed by atoms with Crippen LogP contribution in [-0.2, 0) is 16.1 Å². The monoisotopic (exact) mass is 305 g/mol. The van der Waals surface area contributed by atoms with E-state index in [1.54, 1.807) is 0 Å². The van der Waals surface area contributed by atoms with E-state index in [1.165, 1.54) is 0 Å². The van der Waals surface area contributed by atoms with Gasteiger partial charge in [-0.1, -0.05) is 30.3 Å². The summed E-state index contributed by atoms with van der Waals surface area (Å²) in [6, 6.07) is 9.69. The number of alkyl carbamates (subject to hydrolysis) is 1. The smallest absolute Gasteiger partial charge is 0.407 e. The van der Waals surface area contributed by atoms with Crippen LogP contribution in [0.15, 0.2) is 30.3 Å². The Morgan fingerprint density at radius 2 is 1.86 bits per heavy atom. The van der Waals surface area contributed by atoms with Gasteiger partial charge in [0.05, 0.1) is 0 Å². The second-order valence-corrected chi connectivity index (χ2v) is 6.78. The molecule has 21 heavy (non-hydrogen) atoms. The van der Waals surface area contributed by atoms with Crippen molar-refractivity contribution in [3.63, 3.8) is 0 Å². The first-order valence-electron chi connectivity index (χ1n) is 7.31. The van der Waals surface area contributed by atoms with E-state index in [-0.39, 0.29) is 30.6 Å². The lowest BCUT2D eigenvalue weighted by molar-refractivity contribution is -0.128. The Balaban J connectivity index is 1.48. The van der Waals surface area contributed by atoms with E-state index in [2.05, 4.69) is 5.32 Å².